The van der Waals surface area contributed by atoms with Crippen LogP contribution >= 0.6 is 11.3 Å². The van der Waals surface area contributed by atoms with Crippen LogP contribution in [-0.2, 0) is 63.1 Å². The molecule has 0 spiro atoms. The molecule has 1 aliphatic heterocycles. The van der Waals surface area contributed by atoms with E-state index < -0.39 is 64.0 Å². The first-order chi connectivity index (χ1) is 48.9. The normalized spacial score (nSPS) is 19.3. The van der Waals surface area contributed by atoms with Crippen molar-refractivity contribution in [1.29, 1.82) is 0 Å². The minimum atomic E-state index is -4.51. The van der Waals surface area contributed by atoms with Crippen LogP contribution in [0.1, 0.15) is 149 Å². The number of fused-ring (bicyclic) bond motifs is 4. The molecule has 103 heavy (non-hydrogen) atoms. The lowest BCUT2D eigenvalue weighted by Gasteiger charge is -2.58. The fourth-order valence-corrected chi connectivity index (χ4v) is 16.9. The highest BCUT2D eigenvalue weighted by atomic mass is 32.2. The zero-order valence-electron chi connectivity index (χ0n) is 58.9. The lowest BCUT2D eigenvalue weighted by atomic mass is 9.51. The molecule has 4 aromatic carbocycles. The Morgan fingerprint density at radius 2 is 1.59 bits per heavy atom. The predicted octanol–water partition coefficient (Wildman–Crippen LogP) is 11.3. The van der Waals surface area contributed by atoms with Crippen LogP contribution in [0.25, 0.3) is 43.4 Å². The van der Waals surface area contributed by atoms with Crippen molar-refractivity contribution >= 4 is 101 Å². The highest BCUT2D eigenvalue weighted by Crippen LogP contribution is 2.60. The Labute approximate surface area is 602 Å². The van der Waals surface area contributed by atoms with Gasteiger partial charge in [0.1, 0.15) is 12.4 Å². The number of thiazole rings is 1. The monoisotopic (exact) mass is 1450 g/mol. The molecule has 2 bridgehead atoms. The van der Waals surface area contributed by atoms with E-state index in [-0.39, 0.29) is 116 Å². The van der Waals surface area contributed by atoms with Gasteiger partial charge < -0.3 is 35.8 Å². The van der Waals surface area contributed by atoms with E-state index in [1.54, 1.807) is 48.7 Å². The SMILES string of the molecule is Cc1c(-c2ccc(-c3ccc4cccc(C(=O)Nc5nc6ccccc6s5)c4c3)nc2C(=O)O)cnn1CC1(C)CC2(C)CC(C)CC(OCCN(CCS(=O)(=O)O)C(=O)OCc3ccc(CC(=O)[C@H](CCCNC(N)=O)NC(=O)[C@@H](CC(=O)CCCCCN4C(=O)C=CC4=O)C(C)C)cc3)(C2)C1. The summed E-state index contributed by atoms with van der Waals surface area (Å²) in [5.41, 5.74) is 8.99. The lowest BCUT2D eigenvalue weighted by molar-refractivity contribution is -0.179. The number of aromatic carboxylic acids is 1. The van der Waals surface area contributed by atoms with Crippen molar-refractivity contribution in [3.63, 3.8) is 0 Å². The molecule has 4 unspecified atom stereocenters. The second-order valence-corrected chi connectivity index (χ2v) is 31.5. The number of carbonyl (C=O) groups is 9. The van der Waals surface area contributed by atoms with Crippen LogP contribution in [-0.4, -0.2) is 151 Å². The van der Waals surface area contributed by atoms with Crippen LogP contribution in [0.2, 0.25) is 0 Å². The van der Waals surface area contributed by atoms with Crippen molar-refractivity contribution in [2.24, 2.45) is 34.3 Å². The van der Waals surface area contributed by atoms with Gasteiger partial charge in [0.05, 0.1) is 46.1 Å². The number of carbonyl (C=O) groups excluding carboxylic acids is 8. The smallest absolute Gasteiger partial charge is 0.410 e. The van der Waals surface area contributed by atoms with Crippen molar-refractivity contribution in [1.82, 2.24) is 40.2 Å². The Balaban J connectivity index is 0.755. The molecule has 0 radical (unpaired) electrons. The Morgan fingerprint density at radius 1 is 0.845 bits per heavy atom. The quantitative estimate of drug-likeness (QED) is 0.0124. The number of aromatic nitrogens is 4. The average Bonchev–Trinajstić information content (AvgIpc) is 0.901. The number of para-hydroxylation sites is 1. The van der Waals surface area contributed by atoms with Gasteiger partial charge in [0.2, 0.25) is 5.91 Å². The molecule has 7 N–H and O–H groups in total. The average molecular weight is 1450 g/mol. The molecule has 0 saturated heterocycles. The van der Waals surface area contributed by atoms with Crippen LogP contribution in [0, 0.1) is 35.5 Å². The second kappa shape index (κ2) is 32.8. The number of imide groups is 1. The van der Waals surface area contributed by atoms with Crippen molar-refractivity contribution in [3.8, 4) is 22.4 Å². The fourth-order valence-electron chi connectivity index (χ4n) is 15.6. The Morgan fingerprint density at radius 3 is 2.31 bits per heavy atom. The molecule has 25 nitrogen and oxygen atoms in total. The number of hydrogen-bond donors (Lipinski definition) is 6. The topological polar surface area (TPSA) is 359 Å². The van der Waals surface area contributed by atoms with Gasteiger partial charge in [0, 0.05) is 98.0 Å². The van der Waals surface area contributed by atoms with Gasteiger partial charge >= 0.3 is 18.1 Å². The van der Waals surface area contributed by atoms with Crippen LogP contribution in [0.5, 0.6) is 0 Å². The van der Waals surface area contributed by atoms with E-state index in [0.29, 0.717) is 88.2 Å². The maximum Gasteiger partial charge on any atom is 0.410 e. The molecular weight excluding hydrogens is 1360 g/mol. The fraction of sp³-hybridized carbons (Fsp3) is 0.447. The van der Waals surface area contributed by atoms with E-state index in [4.69, 9.17) is 25.3 Å². The summed E-state index contributed by atoms with van der Waals surface area (Å²) < 4.78 is 49.6. The summed E-state index contributed by atoms with van der Waals surface area (Å²) in [6.07, 6.45) is 9.26. The van der Waals surface area contributed by atoms with E-state index >= 15 is 0 Å². The van der Waals surface area contributed by atoms with Crippen molar-refractivity contribution in [2.75, 3.05) is 43.9 Å². The van der Waals surface area contributed by atoms with Gasteiger partial charge in [-0.25, -0.2) is 24.4 Å². The number of unbranched alkanes of at least 4 members (excludes halogenated alkanes) is 2. The molecule has 3 aromatic heterocycles. The molecular formula is C76H90N10O15S2. The molecule has 3 aliphatic rings. The highest BCUT2D eigenvalue weighted by Gasteiger charge is 2.56. The first-order valence-electron chi connectivity index (χ1n) is 34.9. The minimum Gasteiger partial charge on any atom is -0.476 e. The maximum absolute atomic E-state index is 14.0. The number of Topliss-reactive ketones (excluding diaryl/α,β-unsaturated/α-hetero) is 2. The summed E-state index contributed by atoms with van der Waals surface area (Å²) in [7, 11) is -4.51. The van der Waals surface area contributed by atoms with E-state index in [9.17, 15) is 61.2 Å². The third-order valence-corrected chi connectivity index (χ3v) is 21.4. The summed E-state index contributed by atoms with van der Waals surface area (Å²) in [6, 6.07) is 27.1. The number of amides is 7. The van der Waals surface area contributed by atoms with Gasteiger partial charge in [-0.3, -0.25) is 48.2 Å². The lowest BCUT2D eigenvalue weighted by Crippen LogP contribution is -2.55. The Hall–Kier alpha value is -9.57. The molecule has 2 aliphatic carbocycles. The molecule has 6 atom stereocenters. The number of carboxylic acids is 1. The van der Waals surface area contributed by atoms with Gasteiger partial charge in [-0.2, -0.15) is 13.5 Å². The van der Waals surface area contributed by atoms with Crippen LogP contribution in [0.15, 0.2) is 115 Å². The van der Waals surface area contributed by atoms with Crippen LogP contribution < -0.4 is 21.7 Å². The summed E-state index contributed by atoms with van der Waals surface area (Å²) >= 11 is 1.38. The summed E-state index contributed by atoms with van der Waals surface area (Å²) in [4.78, 5) is 129. The molecule has 4 heterocycles. The first-order valence-corrected chi connectivity index (χ1v) is 37.3. The number of ether oxygens (including phenoxy) is 2. The van der Waals surface area contributed by atoms with Crippen molar-refractivity contribution < 1.29 is 70.7 Å². The maximum atomic E-state index is 14.0. The van der Waals surface area contributed by atoms with E-state index in [1.165, 1.54) is 28.4 Å². The number of urea groups is 1. The predicted molar refractivity (Wildman–Crippen MR) is 389 cm³/mol. The molecule has 27 heteroatoms. The van der Waals surface area contributed by atoms with Gasteiger partial charge in [-0.15, -0.1) is 0 Å². The number of ketones is 2. The van der Waals surface area contributed by atoms with E-state index in [1.807, 2.05) is 80.1 Å². The number of nitrogens with one attached hydrogen (secondary N) is 3. The van der Waals surface area contributed by atoms with E-state index in [0.717, 1.165) is 51.9 Å². The number of nitrogens with zero attached hydrogens (tertiary/aromatic N) is 6. The zero-order chi connectivity index (χ0) is 74.0. The first kappa shape index (κ1) is 76.1. The largest absolute Gasteiger partial charge is 0.476 e. The van der Waals surface area contributed by atoms with E-state index in [2.05, 4.69) is 41.7 Å². The van der Waals surface area contributed by atoms with Gasteiger partial charge in [-0.1, -0.05) is 113 Å². The summed E-state index contributed by atoms with van der Waals surface area (Å²) in [5, 5.41) is 25.8. The van der Waals surface area contributed by atoms with Crippen molar-refractivity contribution in [2.45, 2.75) is 150 Å². The summed E-state index contributed by atoms with van der Waals surface area (Å²) in [5.74, 6) is -4.67. The second-order valence-electron chi connectivity index (χ2n) is 28.9. The minimum absolute atomic E-state index is 0.0167. The Kier molecular flexibility index (Phi) is 24.2. The Bertz CT molecular complexity index is 4460. The molecule has 2 saturated carbocycles. The number of pyridine rings is 1. The number of carboxylic acid groups (broad SMARTS) is 1. The number of primary amides is 1. The highest BCUT2D eigenvalue weighted by molar-refractivity contribution is 7.85. The summed E-state index contributed by atoms with van der Waals surface area (Å²) in [6.45, 7) is 12.4. The third kappa shape index (κ3) is 19.8. The van der Waals surface area contributed by atoms with Gasteiger partial charge in [0.15, 0.2) is 16.6 Å². The standard InChI is InChI=1S/C76H90N10O15S2/c1-47(2)57(38-54(87)15-8-7-11-31-85-65(89)28-29-66(85)90)69(92)81-61(18-13-30-78-71(77)95)63(88)36-50-20-22-51(23-21-50)42-100-73(96)84(33-35-103(97,98)99)32-34-101-76-40-48(3)39-74(5,44-76)43-75(6,45-76)46-86-49(4)59(41-79-86)55-26-27-60(80-67(55)70(93)94)53-25-24-52-14-12-16-56(58(52)37-53)68(91)83-72-82-62-17-9-10-19-64(62)102-72/h9-10,12,14,16-17,19-29,37,41,47-48,57,61H,7-8,11,13,15,18,30-36,38-40,42-46H2,1-6H3,(H,81,92)(H,93,94)(H3,77,78,95)(H,82,83,91)(H,97,98,99)/t48?,57-,61-,74?,75?,76?/m0/s1. The van der Waals surface area contributed by atoms with Gasteiger partial charge in [0.25, 0.3) is 27.8 Å². The number of nitrogens with two attached hydrogens (primary N) is 1. The molecule has 10 rings (SSSR count). The third-order valence-electron chi connectivity index (χ3n) is 19.8. The number of rotatable bonds is 34. The molecule has 546 valence electrons. The van der Waals surface area contributed by atoms with Gasteiger partial charge in [-0.05, 0) is 146 Å². The molecule has 2 fully saturated rings. The number of anilines is 1. The number of hydrogen-bond acceptors (Lipinski definition) is 17. The van der Waals surface area contributed by atoms with Crippen LogP contribution in [0.3, 0.4) is 0 Å². The molecule has 7 amide bonds. The number of benzene rings is 4. The van der Waals surface area contributed by atoms with Crippen LogP contribution in [0.4, 0.5) is 14.7 Å². The van der Waals surface area contributed by atoms with Crippen molar-refractivity contribution in [3.05, 3.63) is 143 Å². The zero-order valence-corrected chi connectivity index (χ0v) is 60.5. The molecule has 7 aromatic rings.